The fourth-order valence-electron chi connectivity index (χ4n) is 1.44. The third kappa shape index (κ3) is 1.19. The second-order valence-electron chi connectivity index (χ2n) is 2.84. The van der Waals surface area contributed by atoms with Crippen LogP contribution in [0.4, 0.5) is 0 Å². The van der Waals surface area contributed by atoms with E-state index in [-0.39, 0.29) is 0 Å². The first-order chi connectivity index (χ1) is 5.83. The summed E-state index contributed by atoms with van der Waals surface area (Å²) in [5, 5.41) is 4.61. The van der Waals surface area contributed by atoms with Crippen LogP contribution < -0.4 is 0 Å². The van der Waals surface area contributed by atoms with Crippen LogP contribution in [0.3, 0.4) is 0 Å². The van der Waals surface area contributed by atoms with E-state index in [0.29, 0.717) is 0 Å². The smallest absolute Gasteiger partial charge is 0.0348 e. The van der Waals surface area contributed by atoms with Gasteiger partial charge < -0.3 is 0 Å². The summed E-state index contributed by atoms with van der Waals surface area (Å²) in [7, 11) is 0. The Morgan fingerprint density at radius 2 is 2.25 bits per heavy atom. The number of aryl methyl sites for hydroxylation is 1. The van der Waals surface area contributed by atoms with Crippen LogP contribution in [0, 0.1) is 6.92 Å². The summed E-state index contributed by atoms with van der Waals surface area (Å²) < 4.78 is 1.39. The molecule has 0 unspecified atom stereocenters. The fourth-order valence-corrected chi connectivity index (χ4v) is 3.14. The molecule has 62 valence electrons. The number of benzene rings is 1. The van der Waals surface area contributed by atoms with Crippen LogP contribution in [-0.2, 0) is 5.33 Å². The standard InChI is InChI=1S/C10H9BrS/c1-7-3-2-4-9-10(7)8(5-11)6-12-9/h2-4,6H,5H2,1H3. The lowest BCUT2D eigenvalue weighted by molar-refractivity contribution is 1.48. The summed E-state index contributed by atoms with van der Waals surface area (Å²) in [5.41, 5.74) is 2.79. The number of hydrogen-bond donors (Lipinski definition) is 0. The normalized spacial score (nSPS) is 10.8. The predicted octanol–water partition coefficient (Wildman–Crippen LogP) is 4.10. The lowest BCUT2D eigenvalue weighted by Gasteiger charge is -1.97. The number of rotatable bonds is 1. The van der Waals surface area contributed by atoms with E-state index in [2.05, 4.69) is 46.4 Å². The molecule has 2 heteroatoms. The third-order valence-electron chi connectivity index (χ3n) is 2.03. The van der Waals surface area contributed by atoms with E-state index in [1.165, 1.54) is 21.2 Å². The molecule has 1 aromatic heterocycles. The molecule has 0 atom stereocenters. The molecule has 0 radical (unpaired) electrons. The molecule has 0 fully saturated rings. The number of hydrogen-bond acceptors (Lipinski definition) is 1. The highest BCUT2D eigenvalue weighted by Crippen LogP contribution is 2.29. The first-order valence-corrected chi connectivity index (χ1v) is 5.84. The molecule has 0 N–H and O–H groups in total. The number of alkyl halides is 1. The molecular weight excluding hydrogens is 232 g/mol. The van der Waals surface area contributed by atoms with Crippen molar-refractivity contribution in [2.24, 2.45) is 0 Å². The largest absolute Gasteiger partial charge is 0.143 e. The zero-order valence-electron chi connectivity index (χ0n) is 6.80. The highest BCUT2D eigenvalue weighted by molar-refractivity contribution is 9.08. The first-order valence-electron chi connectivity index (χ1n) is 3.84. The highest BCUT2D eigenvalue weighted by Gasteiger charge is 2.03. The van der Waals surface area contributed by atoms with E-state index >= 15 is 0 Å². The van der Waals surface area contributed by atoms with E-state index in [9.17, 15) is 0 Å². The van der Waals surface area contributed by atoms with Gasteiger partial charge in [-0.2, -0.15) is 0 Å². The van der Waals surface area contributed by atoms with Gasteiger partial charge in [0.25, 0.3) is 0 Å². The van der Waals surface area contributed by atoms with Crippen molar-refractivity contribution in [2.45, 2.75) is 12.3 Å². The zero-order valence-corrected chi connectivity index (χ0v) is 9.21. The van der Waals surface area contributed by atoms with Crippen LogP contribution in [0.1, 0.15) is 11.1 Å². The molecule has 0 saturated carbocycles. The summed E-state index contributed by atoms with van der Waals surface area (Å²) in [6.45, 7) is 2.17. The average molecular weight is 241 g/mol. The van der Waals surface area contributed by atoms with Gasteiger partial charge in [-0.15, -0.1) is 11.3 Å². The van der Waals surface area contributed by atoms with E-state index < -0.39 is 0 Å². The monoisotopic (exact) mass is 240 g/mol. The highest BCUT2D eigenvalue weighted by atomic mass is 79.9. The van der Waals surface area contributed by atoms with Crippen molar-refractivity contribution >= 4 is 37.4 Å². The van der Waals surface area contributed by atoms with Gasteiger partial charge in [0.05, 0.1) is 0 Å². The van der Waals surface area contributed by atoms with Crippen LogP contribution >= 0.6 is 27.3 Å². The Hall–Kier alpha value is -0.340. The van der Waals surface area contributed by atoms with Crippen LogP contribution in [0.25, 0.3) is 10.1 Å². The van der Waals surface area contributed by atoms with Gasteiger partial charge >= 0.3 is 0 Å². The fraction of sp³-hybridized carbons (Fsp3) is 0.200. The van der Waals surface area contributed by atoms with Crippen molar-refractivity contribution in [1.29, 1.82) is 0 Å². The van der Waals surface area contributed by atoms with Gasteiger partial charge in [0.1, 0.15) is 0 Å². The van der Waals surface area contributed by atoms with Crippen molar-refractivity contribution < 1.29 is 0 Å². The van der Waals surface area contributed by atoms with Gasteiger partial charge in [0.15, 0.2) is 0 Å². The predicted molar refractivity (Wildman–Crippen MR) is 59.2 cm³/mol. The number of thiophene rings is 1. The molecule has 1 aromatic carbocycles. The van der Waals surface area contributed by atoms with Gasteiger partial charge in [-0.3, -0.25) is 0 Å². The van der Waals surface area contributed by atoms with Crippen molar-refractivity contribution in [1.82, 2.24) is 0 Å². The van der Waals surface area contributed by atoms with Crippen molar-refractivity contribution in [3.05, 3.63) is 34.7 Å². The molecule has 0 aliphatic rings. The molecule has 0 spiro atoms. The second-order valence-corrected chi connectivity index (χ2v) is 4.31. The average Bonchev–Trinajstić information content (AvgIpc) is 2.49. The molecule has 0 aliphatic carbocycles. The Kier molecular flexibility index (Phi) is 2.20. The maximum absolute atomic E-state index is 3.50. The topological polar surface area (TPSA) is 0 Å². The summed E-state index contributed by atoms with van der Waals surface area (Å²) in [5.74, 6) is 0. The van der Waals surface area contributed by atoms with Gasteiger partial charge in [-0.1, -0.05) is 28.1 Å². The van der Waals surface area contributed by atoms with Crippen LogP contribution in [0.2, 0.25) is 0 Å². The van der Waals surface area contributed by atoms with Crippen molar-refractivity contribution in [2.75, 3.05) is 0 Å². The van der Waals surface area contributed by atoms with Crippen LogP contribution in [0.5, 0.6) is 0 Å². The van der Waals surface area contributed by atoms with Gasteiger partial charge in [-0.25, -0.2) is 0 Å². The molecule has 2 rings (SSSR count). The summed E-state index contributed by atoms with van der Waals surface area (Å²) in [6.07, 6.45) is 0. The van der Waals surface area contributed by atoms with E-state index in [0.717, 1.165) is 5.33 Å². The third-order valence-corrected chi connectivity index (χ3v) is 3.63. The quantitative estimate of drug-likeness (QED) is 0.659. The minimum Gasteiger partial charge on any atom is -0.143 e. The molecule has 0 nitrogen and oxygen atoms in total. The molecule has 12 heavy (non-hydrogen) atoms. The summed E-state index contributed by atoms with van der Waals surface area (Å²) in [4.78, 5) is 0. The number of halogens is 1. The Bertz CT molecular complexity index is 403. The summed E-state index contributed by atoms with van der Waals surface area (Å²) in [6, 6.07) is 6.46. The van der Waals surface area contributed by atoms with Crippen molar-refractivity contribution in [3.63, 3.8) is 0 Å². The first kappa shape index (κ1) is 8.27. The molecule has 0 aliphatic heterocycles. The second kappa shape index (κ2) is 3.19. The van der Waals surface area contributed by atoms with E-state index in [1.54, 1.807) is 0 Å². The maximum Gasteiger partial charge on any atom is 0.0348 e. The molecule has 0 saturated heterocycles. The zero-order chi connectivity index (χ0) is 8.55. The van der Waals surface area contributed by atoms with Gasteiger partial charge in [-0.05, 0) is 34.9 Å². The Morgan fingerprint density at radius 1 is 1.42 bits per heavy atom. The molecule has 0 bridgehead atoms. The number of fused-ring (bicyclic) bond motifs is 1. The lowest BCUT2D eigenvalue weighted by atomic mass is 10.1. The van der Waals surface area contributed by atoms with Crippen LogP contribution in [-0.4, -0.2) is 0 Å². The summed E-state index contributed by atoms with van der Waals surface area (Å²) >= 11 is 5.32. The van der Waals surface area contributed by atoms with Gasteiger partial charge in [0.2, 0.25) is 0 Å². The van der Waals surface area contributed by atoms with Crippen LogP contribution in [0.15, 0.2) is 23.6 Å². The molecule has 0 amide bonds. The Morgan fingerprint density at radius 3 is 3.00 bits per heavy atom. The Balaban J connectivity index is 2.83. The van der Waals surface area contributed by atoms with E-state index in [4.69, 9.17) is 0 Å². The minimum atomic E-state index is 0.956. The lowest BCUT2D eigenvalue weighted by Crippen LogP contribution is -1.77. The Labute approximate surface area is 84.4 Å². The van der Waals surface area contributed by atoms with E-state index in [1.807, 2.05) is 11.3 Å². The van der Waals surface area contributed by atoms with Crippen molar-refractivity contribution in [3.8, 4) is 0 Å². The molecule has 2 aromatic rings. The molecular formula is C10H9BrS. The van der Waals surface area contributed by atoms with Gasteiger partial charge in [0, 0.05) is 10.0 Å². The SMILES string of the molecule is Cc1cccc2scc(CBr)c12. The minimum absolute atomic E-state index is 0.956. The maximum atomic E-state index is 3.50. The molecule has 1 heterocycles.